The normalized spacial score (nSPS) is 21.0. The molecule has 6 nitrogen and oxygen atoms in total. The SMILES string of the molecule is CC(C)(C)OC(=O)N[C@H](Cc1ccc(Cl)cc1)C(=O)N1CC[C@H](NC2CCCCC2)C1. The topological polar surface area (TPSA) is 70.7 Å². The lowest BCUT2D eigenvalue weighted by molar-refractivity contribution is -0.132. The molecule has 2 aliphatic rings. The van der Waals surface area contributed by atoms with Crippen molar-refractivity contribution in [3.8, 4) is 0 Å². The number of carbonyl (C=O) groups is 2. The van der Waals surface area contributed by atoms with Gasteiger partial charge in [-0.3, -0.25) is 4.79 Å². The lowest BCUT2D eigenvalue weighted by Gasteiger charge is -2.28. The van der Waals surface area contributed by atoms with Gasteiger partial charge in [-0.15, -0.1) is 0 Å². The average Bonchev–Trinajstić information content (AvgIpc) is 3.16. The highest BCUT2D eigenvalue weighted by molar-refractivity contribution is 6.30. The van der Waals surface area contributed by atoms with Gasteiger partial charge in [0.2, 0.25) is 5.91 Å². The van der Waals surface area contributed by atoms with E-state index in [4.69, 9.17) is 16.3 Å². The third-order valence-electron chi connectivity index (χ3n) is 5.92. The molecule has 3 rings (SSSR count). The molecule has 2 fully saturated rings. The number of benzene rings is 1. The summed E-state index contributed by atoms with van der Waals surface area (Å²) in [4.78, 5) is 27.7. The second-order valence-electron chi connectivity index (χ2n) is 9.80. The Labute approximate surface area is 191 Å². The Hall–Kier alpha value is -1.79. The van der Waals surface area contributed by atoms with E-state index in [9.17, 15) is 9.59 Å². The first-order valence-corrected chi connectivity index (χ1v) is 11.9. The smallest absolute Gasteiger partial charge is 0.408 e. The number of likely N-dealkylation sites (tertiary alicyclic amines) is 1. The van der Waals surface area contributed by atoms with Crippen molar-refractivity contribution in [2.45, 2.75) is 89.4 Å². The fourth-order valence-corrected chi connectivity index (χ4v) is 4.55. The van der Waals surface area contributed by atoms with Crippen molar-refractivity contribution in [2.24, 2.45) is 0 Å². The lowest BCUT2D eigenvalue weighted by Crippen LogP contribution is -2.51. The fourth-order valence-electron chi connectivity index (χ4n) is 4.43. The number of carbonyl (C=O) groups excluding carboxylic acids is 2. The molecule has 0 aromatic heterocycles. The zero-order valence-corrected chi connectivity index (χ0v) is 19.7. The molecule has 1 aromatic rings. The lowest BCUT2D eigenvalue weighted by atomic mass is 9.95. The van der Waals surface area contributed by atoms with Gasteiger partial charge in [0, 0.05) is 36.6 Å². The Bertz CT molecular complexity index is 741. The zero-order chi connectivity index (χ0) is 22.4. The predicted octanol–water partition coefficient (Wildman–Crippen LogP) is 4.30. The Morgan fingerprint density at radius 1 is 1.10 bits per heavy atom. The molecule has 1 aliphatic carbocycles. The number of hydrogen-bond acceptors (Lipinski definition) is 4. The van der Waals surface area contributed by atoms with Gasteiger partial charge < -0.3 is 20.3 Å². The van der Waals surface area contributed by atoms with Crippen molar-refractivity contribution < 1.29 is 14.3 Å². The molecule has 1 saturated heterocycles. The highest BCUT2D eigenvalue weighted by atomic mass is 35.5. The first kappa shape index (κ1) is 23.9. The summed E-state index contributed by atoms with van der Waals surface area (Å²) >= 11 is 6.00. The molecular formula is C24H36ClN3O3. The van der Waals surface area contributed by atoms with Crippen LogP contribution in [0, 0.1) is 0 Å². The van der Waals surface area contributed by atoms with Crippen LogP contribution in [0.4, 0.5) is 4.79 Å². The first-order chi connectivity index (χ1) is 14.7. The minimum Gasteiger partial charge on any atom is -0.444 e. The minimum atomic E-state index is -0.676. The number of nitrogens with zero attached hydrogens (tertiary/aromatic N) is 1. The molecule has 0 bridgehead atoms. The van der Waals surface area contributed by atoms with Crippen LogP contribution in [0.2, 0.25) is 5.02 Å². The molecule has 0 spiro atoms. The van der Waals surface area contributed by atoms with Gasteiger partial charge in [0.25, 0.3) is 0 Å². The van der Waals surface area contributed by atoms with Gasteiger partial charge in [-0.2, -0.15) is 0 Å². The van der Waals surface area contributed by atoms with E-state index in [1.807, 2.05) is 37.8 Å². The molecule has 2 atom stereocenters. The number of ether oxygens (including phenoxy) is 1. The van der Waals surface area contributed by atoms with E-state index in [-0.39, 0.29) is 5.91 Å². The van der Waals surface area contributed by atoms with Crippen molar-refractivity contribution >= 4 is 23.6 Å². The van der Waals surface area contributed by atoms with Crippen molar-refractivity contribution in [3.63, 3.8) is 0 Å². The van der Waals surface area contributed by atoms with Crippen LogP contribution in [-0.4, -0.2) is 53.7 Å². The third kappa shape index (κ3) is 7.69. The fraction of sp³-hybridized carbons (Fsp3) is 0.667. The van der Waals surface area contributed by atoms with Crippen molar-refractivity contribution in [1.29, 1.82) is 0 Å². The maximum Gasteiger partial charge on any atom is 0.408 e. The molecule has 172 valence electrons. The second-order valence-corrected chi connectivity index (χ2v) is 10.2. The molecule has 2 amide bonds. The maximum absolute atomic E-state index is 13.4. The highest BCUT2D eigenvalue weighted by Gasteiger charge is 2.33. The van der Waals surface area contributed by atoms with Gasteiger partial charge in [0.15, 0.2) is 0 Å². The van der Waals surface area contributed by atoms with E-state index in [1.165, 1.54) is 32.1 Å². The van der Waals surface area contributed by atoms with E-state index < -0.39 is 17.7 Å². The van der Waals surface area contributed by atoms with Gasteiger partial charge in [-0.05, 0) is 57.7 Å². The number of alkyl carbamates (subject to hydrolysis) is 1. The summed E-state index contributed by atoms with van der Waals surface area (Å²) in [5.41, 5.74) is 0.315. The summed E-state index contributed by atoms with van der Waals surface area (Å²) in [7, 11) is 0. The van der Waals surface area contributed by atoms with Crippen LogP contribution in [0.3, 0.4) is 0 Å². The van der Waals surface area contributed by atoms with Crippen molar-refractivity contribution in [2.75, 3.05) is 13.1 Å². The summed E-state index contributed by atoms with van der Waals surface area (Å²) in [6, 6.07) is 7.58. The number of amides is 2. The molecule has 31 heavy (non-hydrogen) atoms. The summed E-state index contributed by atoms with van der Waals surface area (Å²) < 4.78 is 5.41. The molecule has 7 heteroatoms. The quantitative estimate of drug-likeness (QED) is 0.679. The molecule has 1 saturated carbocycles. The van der Waals surface area contributed by atoms with E-state index in [2.05, 4.69) is 10.6 Å². The Balaban J connectivity index is 1.63. The molecule has 1 aliphatic heterocycles. The molecular weight excluding hydrogens is 414 g/mol. The second kappa shape index (κ2) is 10.7. The highest BCUT2D eigenvalue weighted by Crippen LogP contribution is 2.21. The summed E-state index contributed by atoms with van der Waals surface area (Å²) in [6.07, 6.45) is 7.13. The molecule has 0 radical (unpaired) electrons. The number of rotatable bonds is 6. The monoisotopic (exact) mass is 449 g/mol. The Kier molecular flexibility index (Phi) is 8.23. The van der Waals surface area contributed by atoms with E-state index in [1.54, 1.807) is 12.1 Å². The largest absolute Gasteiger partial charge is 0.444 e. The first-order valence-electron chi connectivity index (χ1n) is 11.5. The molecule has 2 N–H and O–H groups in total. The minimum absolute atomic E-state index is 0.0613. The van der Waals surface area contributed by atoms with Crippen LogP contribution >= 0.6 is 11.6 Å². The van der Waals surface area contributed by atoms with Crippen molar-refractivity contribution in [1.82, 2.24) is 15.5 Å². The average molecular weight is 450 g/mol. The van der Waals surface area contributed by atoms with Gasteiger partial charge in [-0.1, -0.05) is 43.0 Å². The van der Waals surface area contributed by atoms with Crippen molar-refractivity contribution in [3.05, 3.63) is 34.9 Å². The van der Waals surface area contributed by atoms with Gasteiger partial charge >= 0.3 is 6.09 Å². The van der Waals surface area contributed by atoms with E-state index >= 15 is 0 Å². The standard InChI is InChI=1S/C24H36ClN3O3/c1-24(2,3)31-23(30)27-21(15-17-9-11-18(25)12-10-17)22(29)28-14-13-20(16-28)26-19-7-5-4-6-8-19/h9-12,19-21,26H,4-8,13-16H2,1-3H3,(H,27,30)/t20-,21+/m0/s1. The van der Waals surface area contributed by atoms with Crippen LogP contribution in [0.5, 0.6) is 0 Å². The van der Waals surface area contributed by atoms with Crippen LogP contribution in [0.25, 0.3) is 0 Å². The number of nitrogens with one attached hydrogen (secondary N) is 2. The van der Waals surface area contributed by atoms with Crippen LogP contribution in [0.15, 0.2) is 24.3 Å². The zero-order valence-electron chi connectivity index (χ0n) is 19.0. The van der Waals surface area contributed by atoms with E-state index in [0.717, 1.165) is 12.0 Å². The number of halogens is 1. The summed E-state index contributed by atoms with van der Waals surface area (Å²) in [6.45, 7) is 6.82. The number of hydrogen-bond donors (Lipinski definition) is 2. The van der Waals surface area contributed by atoms with E-state index in [0.29, 0.717) is 36.6 Å². The molecule has 1 aromatic carbocycles. The predicted molar refractivity (Wildman–Crippen MR) is 123 cm³/mol. The van der Waals surface area contributed by atoms with Gasteiger partial charge in [-0.25, -0.2) is 4.79 Å². The van der Waals surface area contributed by atoms with Crippen LogP contribution < -0.4 is 10.6 Å². The van der Waals surface area contributed by atoms with Crippen LogP contribution in [0.1, 0.15) is 64.9 Å². The molecule has 0 unspecified atom stereocenters. The summed E-state index contributed by atoms with van der Waals surface area (Å²) in [5, 5.41) is 7.19. The molecule has 1 heterocycles. The Morgan fingerprint density at radius 2 is 1.77 bits per heavy atom. The summed E-state index contributed by atoms with van der Waals surface area (Å²) in [5.74, 6) is -0.0613. The van der Waals surface area contributed by atoms with Crippen LogP contribution in [-0.2, 0) is 16.0 Å². The third-order valence-corrected chi connectivity index (χ3v) is 6.17. The van der Waals surface area contributed by atoms with Gasteiger partial charge in [0.05, 0.1) is 0 Å². The maximum atomic E-state index is 13.4. The van der Waals surface area contributed by atoms with Gasteiger partial charge in [0.1, 0.15) is 11.6 Å². The Morgan fingerprint density at radius 3 is 2.42 bits per heavy atom.